The Labute approximate surface area is 142 Å². The Morgan fingerprint density at radius 2 is 1.62 bits per heavy atom. The zero-order valence-corrected chi connectivity index (χ0v) is 13.6. The van der Waals surface area contributed by atoms with Gasteiger partial charge in [-0.15, -0.1) is 0 Å². The molecule has 0 atom stereocenters. The van der Waals surface area contributed by atoms with Gasteiger partial charge in [-0.05, 0) is 29.7 Å². The van der Waals surface area contributed by atoms with Crippen molar-refractivity contribution in [3.63, 3.8) is 0 Å². The van der Waals surface area contributed by atoms with E-state index in [1.807, 2.05) is 61.5 Å². The molecule has 0 amide bonds. The SMILES string of the molecule is Cc1cc(N=Cc2ccccc2)c(O)cc1NCc1ccccc1. The molecule has 0 unspecified atom stereocenters. The number of aliphatic imine (C=N–C) groups is 1. The monoisotopic (exact) mass is 316 g/mol. The van der Waals surface area contributed by atoms with E-state index in [4.69, 9.17) is 0 Å². The molecule has 2 N–H and O–H groups in total. The molecule has 0 saturated carbocycles. The number of rotatable bonds is 5. The Morgan fingerprint density at radius 3 is 2.33 bits per heavy atom. The Hall–Kier alpha value is -3.07. The van der Waals surface area contributed by atoms with Crippen LogP contribution in [0.15, 0.2) is 77.8 Å². The van der Waals surface area contributed by atoms with Gasteiger partial charge in [0, 0.05) is 24.5 Å². The van der Waals surface area contributed by atoms with Crippen molar-refractivity contribution in [1.82, 2.24) is 0 Å². The van der Waals surface area contributed by atoms with E-state index in [9.17, 15) is 5.11 Å². The predicted octanol–water partition coefficient (Wildman–Crippen LogP) is 5.06. The minimum atomic E-state index is 0.170. The first-order valence-electron chi connectivity index (χ1n) is 7.93. The maximum atomic E-state index is 10.2. The molecule has 0 heterocycles. The van der Waals surface area contributed by atoms with Gasteiger partial charge in [-0.3, -0.25) is 4.99 Å². The summed E-state index contributed by atoms with van der Waals surface area (Å²) in [6.45, 7) is 2.72. The molecule has 120 valence electrons. The first-order valence-corrected chi connectivity index (χ1v) is 7.93. The van der Waals surface area contributed by atoms with Crippen molar-refractivity contribution in [2.75, 3.05) is 5.32 Å². The normalized spacial score (nSPS) is 10.9. The smallest absolute Gasteiger partial charge is 0.143 e. The van der Waals surface area contributed by atoms with Gasteiger partial charge >= 0.3 is 0 Å². The van der Waals surface area contributed by atoms with Gasteiger partial charge in [0.25, 0.3) is 0 Å². The van der Waals surface area contributed by atoms with Crippen LogP contribution in [-0.4, -0.2) is 11.3 Å². The molecule has 3 aromatic rings. The van der Waals surface area contributed by atoms with Crippen LogP contribution in [-0.2, 0) is 6.54 Å². The molecule has 0 spiro atoms. The van der Waals surface area contributed by atoms with Crippen LogP contribution < -0.4 is 5.32 Å². The third-order valence-electron chi connectivity index (χ3n) is 3.80. The molecular formula is C21H20N2O. The van der Waals surface area contributed by atoms with E-state index in [1.54, 1.807) is 12.3 Å². The molecule has 0 aliphatic heterocycles. The number of hydrogen-bond acceptors (Lipinski definition) is 3. The van der Waals surface area contributed by atoms with Crippen molar-refractivity contribution < 1.29 is 5.11 Å². The van der Waals surface area contributed by atoms with Crippen LogP contribution in [0.4, 0.5) is 11.4 Å². The van der Waals surface area contributed by atoms with Gasteiger partial charge in [0.2, 0.25) is 0 Å². The lowest BCUT2D eigenvalue weighted by atomic mass is 10.1. The summed E-state index contributed by atoms with van der Waals surface area (Å²) in [6.07, 6.45) is 1.76. The molecule has 0 radical (unpaired) electrons. The van der Waals surface area contributed by atoms with Crippen molar-refractivity contribution in [3.8, 4) is 5.75 Å². The summed E-state index contributed by atoms with van der Waals surface area (Å²) < 4.78 is 0. The van der Waals surface area contributed by atoms with E-state index >= 15 is 0 Å². The molecule has 0 aromatic heterocycles. The van der Waals surface area contributed by atoms with E-state index in [2.05, 4.69) is 22.4 Å². The zero-order valence-electron chi connectivity index (χ0n) is 13.6. The van der Waals surface area contributed by atoms with Crippen molar-refractivity contribution in [3.05, 3.63) is 89.5 Å². The highest BCUT2D eigenvalue weighted by atomic mass is 16.3. The first kappa shape index (κ1) is 15.8. The Balaban J connectivity index is 1.75. The highest BCUT2D eigenvalue weighted by Crippen LogP contribution is 2.32. The van der Waals surface area contributed by atoms with Crippen LogP contribution in [0.1, 0.15) is 16.7 Å². The second kappa shape index (κ2) is 7.47. The van der Waals surface area contributed by atoms with Crippen LogP contribution in [0, 0.1) is 6.92 Å². The second-order valence-corrected chi connectivity index (χ2v) is 5.66. The van der Waals surface area contributed by atoms with Crippen molar-refractivity contribution >= 4 is 17.6 Å². The minimum Gasteiger partial charge on any atom is -0.506 e. The molecule has 24 heavy (non-hydrogen) atoms. The first-order chi connectivity index (χ1) is 11.7. The summed E-state index contributed by atoms with van der Waals surface area (Å²) in [5.74, 6) is 0.170. The largest absolute Gasteiger partial charge is 0.506 e. The molecule has 0 fully saturated rings. The fourth-order valence-corrected chi connectivity index (χ4v) is 2.45. The molecule has 0 aliphatic rings. The molecule has 0 bridgehead atoms. The maximum absolute atomic E-state index is 10.2. The van der Waals surface area contributed by atoms with Crippen LogP contribution in [0.5, 0.6) is 5.75 Å². The standard InChI is InChI=1S/C21H20N2O/c1-16-12-20(23-15-18-10-6-3-7-11-18)21(24)13-19(16)22-14-17-8-4-2-5-9-17/h2-13,15,22,24H,14H2,1H3. The third-order valence-corrected chi connectivity index (χ3v) is 3.80. The lowest BCUT2D eigenvalue weighted by Gasteiger charge is -2.11. The fourth-order valence-electron chi connectivity index (χ4n) is 2.45. The molecule has 0 saturated heterocycles. The number of nitrogens with zero attached hydrogens (tertiary/aromatic N) is 1. The fraction of sp³-hybridized carbons (Fsp3) is 0.0952. The summed E-state index contributed by atoms with van der Waals surface area (Å²) in [6, 6.07) is 23.6. The van der Waals surface area contributed by atoms with Gasteiger partial charge in [-0.2, -0.15) is 0 Å². The van der Waals surface area contributed by atoms with E-state index in [0.29, 0.717) is 12.2 Å². The molecule has 3 heteroatoms. The summed E-state index contributed by atoms with van der Waals surface area (Å²) in [4.78, 5) is 4.39. The van der Waals surface area contributed by atoms with E-state index in [0.717, 1.165) is 16.8 Å². The molecule has 0 aliphatic carbocycles. The number of aryl methyl sites for hydroxylation is 1. The summed E-state index contributed by atoms with van der Waals surface area (Å²) in [7, 11) is 0. The van der Waals surface area contributed by atoms with Gasteiger partial charge in [0.1, 0.15) is 11.4 Å². The van der Waals surface area contributed by atoms with Crippen LogP contribution in [0.25, 0.3) is 0 Å². The second-order valence-electron chi connectivity index (χ2n) is 5.66. The van der Waals surface area contributed by atoms with E-state index in [-0.39, 0.29) is 5.75 Å². The maximum Gasteiger partial charge on any atom is 0.143 e. The Bertz CT molecular complexity index is 827. The Kier molecular flexibility index (Phi) is 4.92. The number of benzene rings is 3. The van der Waals surface area contributed by atoms with Gasteiger partial charge in [0.15, 0.2) is 0 Å². The molecular weight excluding hydrogens is 296 g/mol. The number of phenolic OH excluding ortho intramolecular Hbond substituents is 1. The average Bonchev–Trinajstić information content (AvgIpc) is 2.62. The van der Waals surface area contributed by atoms with Gasteiger partial charge in [-0.1, -0.05) is 60.7 Å². The Morgan fingerprint density at radius 1 is 0.958 bits per heavy atom. The third kappa shape index (κ3) is 4.02. The molecule has 3 nitrogen and oxygen atoms in total. The molecule has 3 rings (SSSR count). The number of hydrogen-bond donors (Lipinski definition) is 2. The van der Waals surface area contributed by atoms with Crippen LogP contribution >= 0.6 is 0 Å². The van der Waals surface area contributed by atoms with Gasteiger partial charge in [0.05, 0.1) is 0 Å². The molecule has 3 aromatic carbocycles. The minimum absolute atomic E-state index is 0.170. The van der Waals surface area contributed by atoms with Crippen molar-refractivity contribution in [2.45, 2.75) is 13.5 Å². The van der Waals surface area contributed by atoms with Crippen LogP contribution in [0.2, 0.25) is 0 Å². The highest BCUT2D eigenvalue weighted by molar-refractivity contribution is 5.83. The summed E-state index contributed by atoms with van der Waals surface area (Å²) >= 11 is 0. The quantitative estimate of drug-likeness (QED) is 0.646. The zero-order chi connectivity index (χ0) is 16.8. The number of phenols is 1. The van der Waals surface area contributed by atoms with Crippen molar-refractivity contribution in [2.24, 2.45) is 4.99 Å². The number of nitrogens with one attached hydrogen (secondary N) is 1. The lowest BCUT2D eigenvalue weighted by molar-refractivity contribution is 0.477. The summed E-state index contributed by atoms with van der Waals surface area (Å²) in [5, 5.41) is 13.6. The van der Waals surface area contributed by atoms with E-state index < -0.39 is 0 Å². The van der Waals surface area contributed by atoms with E-state index in [1.165, 1.54) is 5.56 Å². The average molecular weight is 316 g/mol. The highest BCUT2D eigenvalue weighted by Gasteiger charge is 2.05. The van der Waals surface area contributed by atoms with Crippen molar-refractivity contribution in [1.29, 1.82) is 0 Å². The van der Waals surface area contributed by atoms with Gasteiger partial charge < -0.3 is 10.4 Å². The summed E-state index contributed by atoms with van der Waals surface area (Å²) in [5.41, 5.74) is 4.73. The van der Waals surface area contributed by atoms with Crippen LogP contribution in [0.3, 0.4) is 0 Å². The predicted molar refractivity (Wildman–Crippen MR) is 100 cm³/mol. The number of anilines is 1. The number of aromatic hydroxyl groups is 1. The van der Waals surface area contributed by atoms with Gasteiger partial charge in [-0.25, -0.2) is 0 Å². The topological polar surface area (TPSA) is 44.6 Å². The lowest BCUT2D eigenvalue weighted by Crippen LogP contribution is -2.00.